The van der Waals surface area contributed by atoms with Crippen LogP contribution >= 0.6 is 22.9 Å². The molecule has 1 aromatic rings. The lowest BCUT2D eigenvalue weighted by Crippen LogP contribution is -2.31. The van der Waals surface area contributed by atoms with Gasteiger partial charge in [-0.2, -0.15) is 0 Å². The number of thiophene rings is 1. The van der Waals surface area contributed by atoms with Gasteiger partial charge in [-0.1, -0.05) is 31.9 Å². The van der Waals surface area contributed by atoms with Crippen LogP contribution in [0.25, 0.3) is 0 Å². The van der Waals surface area contributed by atoms with Crippen LogP contribution in [0.5, 0.6) is 0 Å². The molecular formula is C13H20ClNS. The van der Waals surface area contributed by atoms with Gasteiger partial charge >= 0.3 is 0 Å². The zero-order valence-corrected chi connectivity index (χ0v) is 11.6. The first kappa shape index (κ1) is 12.4. The van der Waals surface area contributed by atoms with Crippen LogP contribution < -0.4 is 5.32 Å². The Morgan fingerprint density at radius 2 is 2.31 bits per heavy atom. The summed E-state index contributed by atoms with van der Waals surface area (Å²) in [5, 5.41) is 6.55. The second-order valence-electron chi connectivity index (χ2n) is 4.82. The van der Waals surface area contributed by atoms with E-state index in [0.29, 0.717) is 6.04 Å². The number of hydrogen-bond donors (Lipinski definition) is 1. The number of rotatable bonds is 4. The topological polar surface area (TPSA) is 12.0 Å². The first-order chi connectivity index (χ1) is 7.70. The Hall–Kier alpha value is -0.0500. The maximum atomic E-state index is 5.91. The second kappa shape index (κ2) is 5.52. The van der Waals surface area contributed by atoms with Crippen LogP contribution in [0, 0.1) is 11.8 Å². The fraction of sp³-hybridized carbons (Fsp3) is 0.692. The highest BCUT2D eigenvalue weighted by Crippen LogP contribution is 2.34. The van der Waals surface area contributed by atoms with Crippen molar-refractivity contribution in [2.75, 3.05) is 0 Å². The summed E-state index contributed by atoms with van der Waals surface area (Å²) in [6, 6.07) is 2.77. The number of halogens is 1. The molecule has 0 spiro atoms. The summed E-state index contributed by atoms with van der Waals surface area (Å²) in [4.78, 5) is 1.34. The molecule has 3 unspecified atom stereocenters. The van der Waals surface area contributed by atoms with Crippen LogP contribution in [0.4, 0.5) is 0 Å². The van der Waals surface area contributed by atoms with Gasteiger partial charge in [0.25, 0.3) is 0 Å². The first-order valence-electron chi connectivity index (χ1n) is 6.17. The molecule has 0 bridgehead atoms. The molecule has 1 saturated carbocycles. The fourth-order valence-corrected chi connectivity index (χ4v) is 3.81. The molecule has 1 aliphatic carbocycles. The Balaban J connectivity index is 1.83. The van der Waals surface area contributed by atoms with E-state index in [4.69, 9.17) is 11.6 Å². The van der Waals surface area contributed by atoms with Gasteiger partial charge in [-0.3, -0.25) is 0 Å². The van der Waals surface area contributed by atoms with Crippen molar-refractivity contribution >= 4 is 22.9 Å². The van der Waals surface area contributed by atoms with E-state index >= 15 is 0 Å². The van der Waals surface area contributed by atoms with E-state index in [1.165, 1.54) is 24.1 Å². The molecule has 1 heterocycles. The minimum absolute atomic E-state index is 0.700. The minimum Gasteiger partial charge on any atom is -0.309 e. The van der Waals surface area contributed by atoms with Crippen molar-refractivity contribution in [1.29, 1.82) is 0 Å². The molecule has 1 aromatic heterocycles. The van der Waals surface area contributed by atoms with Crippen LogP contribution in [0.3, 0.4) is 0 Å². The summed E-state index contributed by atoms with van der Waals surface area (Å²) in [5.74, 6) is 1.74. The molecule has 1 N–H and O–H groups in total. The highest BCUT2D eigenvalue weighted by Gasteiger charge is 2.30. The van der Waals surface area contributed by atoms with Crippen LogP contribution in [0.2, 0.25) is 5.02 Å². The fourth-order valence-electron chi connectivity index (χ4n) is 2.79. The first-order valence-corrected chi connectivity index (χ1v) is 7.42. The predicted octanol–water partition coefficient (Wildman–Crippen LogP) is 4.32. The zero-order chi connectivity index (χ0) is 11.5. The molecule has 90 valence electrons. The van der Waals surface area contributed by atoms with Gasteiger partial charge in [-0.25, -0.2) is 0 Å². The minimum atomic E-state index is 0.700. The Morgan fingerprint density at radius 3 is 2.88 bits per heavy atom. The van der Waals surface area contributed by atoms with Crippen LogP contribution in [-0.2, 0) is 6.54 Å². The van der Waals surface area contributed by atoms with Crippen LogP contribution in [0.1, 0.15) is 38.0 Å². The summed E-state index contributed by atoms with van der Waals surface area (Å²) in [5.41, 5.74) is 0. The molecular weight excluding hydrogens is 238 g/mol. The van der Waals surface area contributed by atoms with Gasteiger partial charge in [-0.15, -0.1) is 11.3 Å². The van der Waals surface area contributed by atoms with Crippen molar-refractivity contribution < 1.29 is 0 Å². The molecule has 1 fully saturated rings. The molecule has 0 aliphatic heterocycles. The lowest BCUT2D eigenvalue weighted by Gasteiger charge is -2.20. The largest absolute Gasteiger partial charge is 0.309 e. The maximum absolute atomic E-state index is 5.91. The smallest absolute Gasteiger partial charge is 0.0516 e. The molecule has 0 aromatic carbocycles. The Morgan fingerprint density at radius 1 is 1.50 bits per heavy atom. The molecule has 16 heavy (non-hydrogen) atoms. The van der Waals surface area contributed by atoms with Gasteiger partial charge in [0.05, 0.1) is 5.02 Å². The molecule has 1 aliphatic rings. The lowest BCUT2D eigenvalue weighted by molar-refractivity contribution is 0.345. The van der Waals surface area contributed by atoms with E-state index in [9.17, 15) is 0 Å². The van der Waals surface area contributed by atoms with E-state index in [-0.39, 0.29) is 0 Å². The zero-order valence-electron chi connectivity index (χ0n) is 10.0. The summed E-state index contributed by atoms with van der Waals surface area (Å²) < 4.78 is 0. The average molecular weight is 258 g/mol. The number of nitrogens with one attached hydrogen (secondary N) is 1. The molecule has 0 amide bonds. The standard InChI is InChI=1S/C13H20ClNS/c1-3-10-4-5-13(9(10)2)15-7-12-6-11(14)8-16-12/h6,8-10,13,15H,3-5,7H2,1-2H3. The van der Waals surface area contributed by atoms with Crippen molar-refractivity contribution in [2.45, 2.75) is 45.7 Å². The van der Waals surface area contributed by atoms with E-state index < -0.39 is 0 Å². The van der Waals surface area contributed by atoms with Gasteiger partial charge < -0.3 is 5.32 Å². The van der Waals surface area contributed by atoms with Crippen molar-refractivity contribution in [3.8, 4) is 0 Å². The monoisotopic (exact) mass is 257 g/mol. The highest BCUT2D eigenvalue weighted by atomic mass is 35.5. The van der Waals surface area contributed by atoms with Crippen molar-refractivity contribution in [3.63, 3.8) is 0 Å². The van der Waals surface area contributed by atoms with Crippen molar-refractivity contribution in [3.05, 3.63) is 21.3 Å². The average Bonchev–Trinajstić information content (AvgIpc) is 2.83. The van der Waals surface area contributed by atoms with Gasteiger partial charge in [0.15, 0.2) is 0 Å². The van der Waals surface area contributed by atoms with Gasteiger partial charge in [-0.05, 0) is 30.7 Å². The van der Waals surface area contributed by atoms with Gasteiger partial charge in [0, 0.05) is 22.8 Å². The third-order valence-corrected chi connectivity index (χ3v) is 5.20. The predicted molar refractivity (Wildman–Crippen MR) is 72.1 cm³/mol. The summed E-state index contributed by atoms with van der Waals surface area (Å²) in [6.07, 6.45) is 4.05. The second-order valence-corrected chi connectivity index (χ2v) is 6.26. The van der Waals surface area contributed by atoms with E-state index in [1.807, 2.05) is 5.38 Å². The molecule has 1 nitrogen and oxygen atoms in total. The van der Waals surface area contributed by atoms with E-state index in [0.717, 1.165) is 23.4 Å². The molecule has 2 rings (SSSR count). The Bertz CT molecular complexity index is 336. The van der Waals surface area contributed by atoms with Gasteiger partial charge in [0.2, 0.25) is 0 Å². The SMILES string of the molecule is CCC1CCC(NCc2cc(Cl)cs2)C1C. The highest BCUT2D eigenvalue weighted by molar-refractivity contribution is 7.10. The van der Waals surface area contributed by atoms with Crippen LogP contribution in [-0.4, -0.2) is 6.04 Å². The molecule has 3 heteroatoms. The van der Waals surface area contributed by atoms with Crippen molar-refractivity contribution in [1.82, 2.24) is 5.32 Å². The lowest BCUT2D eigenvalue weighted by atomic mass is 9.93. The normalized spacial score (nSPS) is 29.8. The summed E-state index contributed by atoms with van der Waals surface area (Å²) >= 11 is 7.66. The van der Waals surface area contributed by atoms with Gasteiger partial charge in [0.1, 0.15) is 0 Å². The van der Waals surface area contributed by atoms with Crippen molar-refractivity contribution in [2.24, 2.45) is 11.8 Å². The quantitative estimate of drug-likeness (QED) is 0.847. The Kier molecular flexibility index (Phi) is 4.28. The third-order valence-electron chi connectivity index (χ3n) is 3.91. The third kappa shape index (κ3) is 2.79. The van der Waals surface area contributed by atoms with E-state index in [2.05, 4.69) is 25.2 Å². The molecule has 3 atom stereocenters. The molecule has 0 radical (unpaired) electrons. The number of hydrogen-bond acceptors (Lipinski definition) is 2. The maximum Gasteiger partial charge on any atom is 0.0516 e. The summed E-state index contributed by atoms with van der Waals surface area (Å²) in [7, 11) is 0. The molecule has 0 saturated heterocycles. The summed E-state index contributed by atoms with van der Waals surface area (Å²) in [6.45, 7) is 5.67. The van der Waals surface area contributed by atoms with Crippen LogP contribution in [0.15, 0.2) is 11.4 Å². The Labute approximate surface area is 107 Å². The van der Waals surface area contributed by atoms with E-state index in [1.54, 1.807) is 11.3 Å².